The third kappa shape index (κ3) is 3.93. The van der Waals surface area contributed by atoms with E-state index in [9.17, 15) is 13.2 Å². The molecule has 1 aliphatic rings. The standard InChI is InChI=1S/C23H21ClN2O3S/c1-25(30(28,29)22-12-8-20(24)9-13-22)21-10-6-18(7-11-21)23(27)26-15-14-17-4-2-3-5-19(17)16-26/h2-13H,14-16H2,1H3. The second-order valence-electron chi connectivity index (χ2n) is 7.22. The molecular weight excluding hydrogens is 420 g/mol. The number of rotatable bonds is 4. The number of benzene rings is 3. The summed E-state index contributed by atoms with van der Waals surface area (Å²) in [6.45, 7) is 1.25. The van der Waals surface area contributed by atoms with Gasteiger partial charge in [0.15, 0.2) is 0 Å². The van der Waals surface area contributed by atoms with Crippen molar-refractivity contribution >= 4 is 33.2 Å². The van der Waals surface area contributed by atoms with Crippen LogP contribution in [0, 0.1) is 0 Å². The highest BCUT2D eigenvalue weighted by molar-refractivity contribution is 7.92. The van der Waals surface area contributed by atoms with Crippen LogP contribution < -0.4 is 4.31 Å². The molecule has 0 N–H and O–H groups in total. The lowest BCUT2D eigenvalue weighted by Gasteiger charge is -2.29. The van der Waals surface area contributed by atoms with Crippen molar-refractivity contribution < 1.29 is 13.2 Å². The zero-order valence-corrected chi connectivity index (χ0v) is 18.0. The average molecular weight is 441 g/mol. The molecule has 4 rings (SSSR count). The molecule has 0 bridgehead atoms. The van der Waals surface area contributed by atoms with E-state index >= 15 is 0 Å². The van der Waals surface area contributed by atoms with Crippen molar-refractivity contribution in [3.63, 3.8) is 0 Å². The summed E-state index contributed by atoms with van der Waals surface area (Å²) < 4.78 is 26.9. The van der Waals surface area contributed by atoms with E-state index in [1.807, 2.05) is 17.0 Å². The van der Waals surface area contributed by atoms with Crippen molar-refractivity contribution in [2.75, 3.05) is 17.9 Å². The van der Waals surface area contributed by atoms with Crippen LogP contribution in [0.3, 0.4) is 0 Å². The number of fused-ring (bicyclic) bond motifs is 1. The zero-order valence-electron chi connectivity index (χ0n) is 16.5. The molecule has 0 unspecified atom stereocenters. The van der Waals surface area contributed by atoms with Crippen LogP contribution in [-0.2, 0) is 23.0 Å². The molecule has 0 radical (unpaired) electrons. The second kappa shape index (κ2) is 8.13. The molecule has 0 aliphatic carbocycles. The van der Waals surface area contributed by atoms with E-state index in [-0.39, 0.29) is 10.8 Å². The Morgan fingerprint density at radius 1 is 0.933 bits per heavy atom. The van der Waals surface area contributed by atoms with Crippen molar-refractivity contribution in [1.29, 1.82) is 0 Å². The fourth-order valence-corrected chi connectivity index (χ4v) is 4.89. The van der Waals surface area contributed by atoms with E-state index < -0.39 is 10.0 Å². The van der Waals surface area contributed by atoms with Crippen LogP contribution in [0.25, 0.3) is 0 Å². The predicted octanol–water partition coefficient (Wildman–Crippen LogP) is 4.36. The van der Waals surface area contributed by atoms with Crippen molar-refractivity contribution in [3.05, 3.63) is 94.5 Å². The first-order valence-corrected chi connectivity index (χ1v) is 11.4. The second-order valence-corrected chi connectivity index (χ2v) is 9.62. The van der Waals surface area contributed by atoms with Crippen molar-refractivity contribution in [2.24, 2.45) is 0 Å². The minimum absolute atomic E-state index is 0.0562. The summed E-state index contributed by atoms with van der Waals surface area (Å²) in [7, 11) is -2.23. The van der Waals surface area contributed by atoms with Gasteiger partial charge in [-0.1, -0.05) is 35.9 Å². The van der Waals surface area contributed by atoms with Gasteiger partial charge in [0.1, 0.15) is 0 Å². The number of hydrogen-bond donors (Lipinski definition) is 0. The van der Waals surface area contributed by atoms with E-state index in [0.29, 0.717) is 29.4 Å². The summed E-state index contributed by atoms with van der Waals surface area (Å²) in [5, 5.41) is 0.472. The van der Waals surface area contributed by atoms with E-state index in [0.717, 1.165) is 6.42 Å². The summed E-state index contributed by atoms with van der Waals surface area (Å²) in [6.07, 6.45) is 0.835. The van der Waals surface area contributed by atoms with Crippen molar-refractivity contribution in [3.8, 4) is 0 Å². The van der Waals surface area contributed by atoms with Crippen molar-refractivity contribution in [1.82, 2.24) is 4.90 Å². The normalized spacial score (nSPS) is 13.6. The highest BCUT2D eigenvalue weighted by atomic mass is 35.5. The summed E-state index contributed by atoms with van der Waals surface area (Å²) in [5.74, 6) is -0.0562. The van der Waals surface area contributed by atoms with E-state index in [4.69, 9.17) is 11.6 Å². The van der Waals surface area contributed by atoms with Gasteiger partial charge in [0, 0.05) is 30.7 Å². The quantitative estimate of drug-likeness (QED) is 0.605. The Labute approximate surface area is 181 Å². The van der Waals surface area contributed by atoms with Crippen molar-refractivity contribution in [2.45, 2.75) is 17.9 Å². The maximum absolute atomic E-state index is 12.9. The molecule has 0 saturated heterocycles. The lowest BCUT2D eigenvalue weighted by molar-refractivity contribution is 0.0734. The third-order valence-electron chi connectivity index (χ3n) is 5.37. The molecule has 1 heterocycles. The van der Waals surface area contributed by atoms with Crippen LogP contribution in [0.1, 0.15) is 21.5 Å². The van der Waals surface area contributed by atoms with Crippen LogP contribution in [-0.4, -0.2) is 32.8 Å². The third-order valence-corrected chi connectivity index (χ3v) is 7.42. The largest absolute Gasteiger partial charge is 0.334 e. The van der Waals surface area contributed by atoms with Gasteiger partial charge in [-0.2, -0.15) is 0 Å². The first-order chi connectivity index (χ1) is 14.4. The molecule has 0 spiro atoms. The molecule has 0 fully saturated rings. The van der Waals surface area contributed by atoms with Gasteiger partial charge in [0.2, 0.25) is 0 Å². The van der Waals surface area contributed by atoms with Crippen LogP contribution in [0.5, 0.6) is 0 Å². The fourth-order valence-electron chi connectivity index (χ4n) is 3.57. The Bertz CT molecular complexity index is 1180. The smallest absolute Gasteiger partial charge is 0.264 e. The van der Waals surface area contributed by atoms with E-state index in [1.54, 1.807) is 36.4 Å². The number of carbonyl (C=O) groups excluding carboxylic acids is 1. The molecule has 0 atom stereocenters. The minimum Gasteiger partial charge on any atom is -0.334 e. The topological polar surface area (TPSA) is 57.7 Å². The highest BCUT2D eigenvalue weighted by Crippen LogP contribution is 2.25. The number of sulfonamides is 1. The van der Waals surface area contributed by atoms with Gasteiger partial charge < -0.3 is 4.90 Å². The number of anilines is 1. The van der Waals surface area contributed by atoms with E-state index in [2.05, 4.69) is 12.1 Å². The van der Waals surface area contributed by atoms with Crippen LogP contribution in [0.15, 0.2) is 77.7 Å². The SMILES string of the molecule is CN(c1ccc(C(=O)N2CCc3ccccc3C2)cc1)S(=O)(=O)c1ccc(Cl)cc1. The lowest BCUT2D eigenvalue weighted by atomic mass is 9.99. The molecule has 7 heteroatoms. The number of amides is 1. The van der Waals surface area contributed by atoms with Gasteiger partial charge in [-0.25, -0.2) is 8.42 Å². The maximum Gasteiger partial charge on any atom is 0.264 e. The Morgan fingerprint density at radius 2 is 1.57 bits per heavy atom. The molecule has 154 valence electrons. The van der Waals surface area contributed by atoms with Gasteiger partial charge in [0.05, 0.1) is 10.6 Å². The summed E-state index contributed by atoms with van der Waals surface area (Å²) in [5.41, 5.74) is 3.47. The van der Waals surface area contributed by atoms with Crippen LogP contribution in [0.4, 0.5) is 5.69 Å². The van der Waals surface area contributed by atoms with Gasteiger partial charge >= 0.3 is 0 Å². The minimum atomic E-state index is -3.72. The molecule has 3 aromatic carbocycles. The number of hydrogen-bond acceptors (Lipinski definition) is 3. The molecule has 0 aromatic heterocycles. The average Bonchev–Trinajstić information content (AvgIpc) is 2.78. The van der Waals surface area contributed by atoms with Gasteiger partial charge in [-0.3, -0.25) is 9.10 Å². The first-order valence-electron chi connectivity index (χ1n) is 9.57. The lowest BCUT2D eigenvalue weighted by Crippen LogP contribution is -2.36. The van der Waals surface area contributed by atoms with E-state index in [1.165, 1.54) is 34.6 Å². The Morgan fingerprint density at radius 3 is 2.23 bits per heavy atom. The zero-order chi connectivity index (χ0) is 21.3. The van der Waals surface area contributed by atoms with Gasteiger partial charge in [-0.05, 0) is 66.1 Å². The highest BCUT2D eigenvalue weighted by Gasteiger charge is 2.24. The number of halogens is 1. The molecule has 1 amide bonds. The molecule has 3 aromatic rings. The van der Waals surface area contributed by atoms with Gasteiger partial charge in [-0.15, -0.1) is 0 Å². The molecule has 30 heavy (non-hydrogen) atoms. The Hall–Kier alpha value is -2.83. The number of carbonyl (C=O) groups is 1. The Kier molecular flexibility index (Phi) is 5.54. The molecule has 1 aliphatic heterocycles. The summed E-state index contributed by atoms with van der Waals surface area (Å²) in [4.78, 5) is 14.9. The summed E-state index contributed by atoms with van der Waals surface area (Å²) >= 11 is 5.85. The molecule has 0 saturated carbocycles. The first kappa shape index (κ1) is 20.4. The van der Waals surface area contributed by atoms with Gasteiger partial charge in [0.25, 0.3) is 15.9 Å². The van der Waals surface area contributed by atoms with Crippen LogP contribution in [0.2, 0.25) is 5.02 Å². The molecule has 5 nitrogen and oxygen atoms in total. The maximum atomic E-state index is 12.9. The molecular formula is C23H21ClN2O3S. The number of nitrogens with zero attached hydrogens (tertiary/aromatic N) is 2. The summed E-state index contributed by atoms with van der Waals surface area (Å²) in [6, 6.07) is 20.8. The predicted molar refractivity (Wildman–Crippen MR) is 118 cm³/mol. The monoisotopic (exact) mass is 440 g/mol. The Balaban J connectivity index is 1.51. The van der Waals surface area contributed by atoms with Crippen LogP contribution >= 0.6 is 11.6 Å². The fraction of sp³-hybridized carbons (Fsp3) is 0.174.